The van der Waals surface area contributed by atoms with Crippen LogP contribution in [-0.2, 0) is 27.8 Å². The highest BCUT2D eigenvalue weighted by Gasteiger charge is 2.26. The Hall–Kier alpha value is -3.65. The van der Waals surface area contributed by atoms with Gasteiger partial charge in [0.1, 0.15) is 6.04 Å². The van der Waals surface area contributed by atoms with Crippen LogP contribution >= 0.6 is 11.6 Å². The molecule has 1 amide bonds. The minimum Gasteiger partial charge on any atom is -0.341 e. The summed E-state index contributed by atoms with van der Waals surface area (Å²) in [7, 11) is -3.97. The number of amides is 1. The Morgan fingerprint density at radius 1 is 0.865 bits per heavy atom. The lowest BCUT2D eigenvalue weighted by Crippen LogP contribution is -2.45. The molecule has 0 aliphatic rings. The van der Waals surface area contributed by atoms with E-state index >= 15 is 0 Å². The number of benzene rings is 4. The van der Waals surface area contributed by atoms with E-state index in [1.807, 2.05) is 60.7 Å². The maximum atomic E-state index is 13.5. The normalized spacial score (nSPS) is 12.6. The summed E-state index contributed by atoms with van der Waals surface area (Å²) in [6.07, 6.45) is 0.191. The molecule has 0 saturated heterocycles. The molecule has 0 saturated carbocycles. The Bertz CT molecular complexity index is 1680. The molecule has 0 bridgehead atoms. The van der Waals surface area contributed by atoms with Gasteiger partial charge in [0.25, 0.3) is 0 Å². The van der Waals surface area contributed by atoms with Crippen molar-refractivity contribution in [3.05, 3.63) is 108 Å². The first kappa shape index (κ1) is 25.0. The number of fused-ring (bicyclic) bond motifs is 3. The SMILES string of the molecule is CCn1c2ccccc2c2cc(NC(=O)[C@@H](Cc3ccccc3)NS(=O)(=O)c3ccc(Cl)cc3)ccc21. The molecular weight excluding hydrogens is 506 g/mol. The lowest BCUT2D eigenvalue weighted by Gasteiger charge is -2.19. The van der Waals surface area contributed by atoms with Gasteiger partial charge in [-0.3, -0.25) is 4.79 Å². The number of nitrogens with one attached hydrogen (secondary N) is 2. The number of sulfonamides is 1. The molecule has 37 heavy (non-hydrogen) atoms. The number of aromatic nitrogens is 1. The molecule has 188 valence electrons. The van der Waals surface area contributed by atoms with Crippen LogP contribution in [0.3, 0.4) is 0 Å². The van der Waals surface area contributed by atoms with E-state index in [0.717, 1.165) is 33.9 Å². The average Bonchev–Trinajstić information content (AvgIpc) is 3.22. The minimum absolute atomic E-state index is 0.0385. The summed E-state index contributed by atoms with van der Waals surface area (Å²) >= 11 is 5.92. The van der Waals surface area contributed by atoms with E-state index in [-0.39, 0.29) is 11.3 Å². The van der Waals surface area contributed by atoms with Gasteiger partial charge in [-0.15, -0.1) is 0 Å². The van der Waals surface area contributed by atoms with E-state index in [0.29, 0.717) is 10.7 Å². The van der Waals surface area contributed by atoms with E-state index in [2.05, 4.69) is 33.7 Å². The van der Waals surface area contributed by atoms with Crippen molar-refractivity contribution < 1.29 is 13.2 Å². The first-order valence-corrected chi connectivity index (χ1v) is 13.9. The monoisotopic (exact) mass is 531 g/mol. The number of carbonyl (C=O) groups excluding carboxylic acids is 1. The standard InChI is InChI=1S/C29H26ClN3O3S/c1-2-33-27-11-7-6-10-24(27)25-19-22(14-17-28(25)33)31-29(34)26(18-20-8-4-3-5-9-20)32-37(35,36)23-15-12-21(30)13-16-23/h3-17,19,26,32H,2,18H2,1H3,(H,31,34)/t26-/m1/s1. The van der Waals surface area contributed by atoms with Gasteiger partial charge in [0, 0.05) is 39.1 Å². The Kier molecular flexibility index (Phi) is 7.02. The number of carbonyl (C=O) groups is 1. The Balaban J connectivity index is 1.46. The van der Waals surface area contributed by atoms with Gasteiger partial charge < -0.3 is 9.88 Å². The fraction of sp³-hybridized carbons (Fsp3) is 0.138. The molecule has 0 aliphatic carbocycles. The quantitative estimate of drug-likeness (QED) is 0.258. The highest BCUT2D eigenvalue weighted by Crippen LogP contribution is 2.31. The number of rotatable bonds is 8. The van der Waals surface area contributed by atoms with Gasteiger partial charge in [-0.05, 0) is 67.4 Å². The summed E-state index contributed by atoms with van der Waals surface area (Å²) in [5.74, 6) is -0.444. The van der Waals surface area contributed by atoms with Gasteiger partial charge in [-0.1, -0.05) is 60.1 Å². The van der Waals surface area contributed by atoms with Crippen molar-refractivity contribution in [1.29, 1.82) is 0 Å². The van der Waals surface area contributed by atoms with Crippen LogP contribution in [0.15, 0.2) is 102 Å². The molecule has 0 radical (unpaired) electrons. The fourth-order valence-electron chi connectivity index (χ4n) is 4.61. The molecule has 2 N–H and O–H groups in total. The summed E-state index contributed by atoms with van der Waals surface area (Å²) < 4.78 is 31.1. The predicted octanol–water partition coefficient (Wildman–Crippen LogP) is 6.00. The molecule has 8 heteroatoms. The van der Waals surface area contributed by atoms with Gasteiger partial charge >= 0.3 is 0 Å². The maximum Gasteiger partial charge on any atom is 0.242 e. The number of anilines is 1. The molecular formula is C29H26ClN3O3S. The third kappa shape index (κ3) is 5.25. The van der Waals surface area contributed by atoms with Crippen LogP contribution in [-0.4, -0.2) is 24.9 Å². The Morgan fingerprint density at radius 2 is 1.54 bits per heavy atom. The number of halogens is 1. The van der Waals surface area contributed by atoms with E-state index < -0.39 is 22.0 Å². The first-order chi connectivity index (χ1) is 17.9. The Morgan fingerprint density at radius 3 is 2.27 bits per heavy atom. The van der Waals surface area contributed by atoms with Crippen molar-refractivity contribution in [1.82, 2.24) is 9.29 Å². The maximum absolute atomic E-state index is 13.5. The van der Waals surface area contributed by atoms with Crippen molar-refractivity contribution in [2.75, 3.05) is 5.32 Å². The lowest BCUT2D eigenvalue weighted by atomic mass is 10.1. The van der Waals surface area contributed by atoms with Crippen LogP contribution in [0.1, 0.15) is 12.5 Å². The third-order valence-electron chi connectivity index (χ3n) is 6.38. The summed E-state index contributed by atoms with van der Waals surface area (Å²) in [5.41, 5.74) is 3.63. The lowest BCUT2D eigenvalue weighted by molar-refractivity contribution is -0.117. The van der Waals surface area contributed by atoms with Crippen LogP contribution in [0.5, 0.6) is 0 Å². The number of hydrogen-bond donors (Lipinski definition) is 2. The van der Waals surface area contributed by atoms with Gasteiger partial charge in [0.15, 0.2) is 0 Å². The zero-order chi connectivity index (χ0) is 26.0. The van der Waals surface area contributed by atoms with Crippen molar-refractivity contribution >= 4 is 55.0 Å². The topological polar surface area (TPSA) is 80.2 Å². The summed E-state index contributed by atoms with van der Waals surface area (Å²) in [6, 6.07) is 28.0. The molecule has 4 aromatic carbocycles. The fourth-order valence-corrected chi connectivity index (χ4v) is 5.93. The van der Waals surface area contributed by atoms with E-state index in [1.165, 1.54) is 24.3 Å². The van der Waals surface area contributed by atoms with Crippen molar-refractivity contribution in [2.45, 2.75) is 30.8 Å². The largest absolute Gasteiger partial charge is 0.341 e. The minimum atomic E-state index is -3.97. The van der Waals surface area contributed by atoms with Crippen LogP contribution < -0.4 is 10.0 Å². The van der Waals surface area contributed by atoms with Crippen LogP contribution in [0, 0.1) is 0 Å². The second-order valence-corrected chi connectivity index (χ2v) is 11.0. The number of hydrogen-bond acceptors (Lipinski definition) is 3. The zero-order valence-electron chi connectivity index (χ0n) is 20.2. The predicted molar refractivity (Wildman–Crippen MR) is 149 cm³/mol. The smallest absolute Gasteiger partial charge is 0.242 e. The highest BCUT2D eigenvalue weighted by molar-refractivity contribution is 7.89. The van der Waals surface area contributed by atoms with Gasteiger partial charge in [-0.25, -0.2) is 8.42 Å². The average molecular weight is 532 g/mol. The molecule has 5 aromatic rings. The van der Waals surface area contributed by atoms with Crippen LogP contribution in [0.4, 0.5) is 5.69 Å². The summed E-state index contributed by atoms with van der Waals surface area (Å²) in [6.45, 7) is 2.92. The van der Waals surface area contributed by atoms with Crippen molar-refractivity contribution in [2.24, 2.45) is 0 Å². The number of nitrogens with zero attached hydrogens (tertiary/aromatic N) is 1. The summed E-state index contributed by atoms with van der Waals surface area (Å²) in [4.78, 5) is 13.5. The highest BCUT2D eigenvalue weighted by atomic mass is 35.5. The molecule has 1 heterocycles. The molecule has 6 nitrogen and oxygen atoms in total. The van der Waals surface area contributed by atoms with Crippen molar-refractivity contribution in [3.63, 3.8) is 0 Å². The van der Waals surface area contributed by atoms with E-state index in [4.69, 9.17) is 11.6 Å². The molecule has 1 aromatic heterocycles. The third-order valence-corrected chi connectivity index (χ3v) is 8.12. The van der Waals surface area contributed by atoms with Gasteiger partial charge in [-0.2, -0.15) is 4.72 Å². The molecule has 5 rings (SSSR count). The molecule has 0 unspecified atom stereocenters. The second kappa shape index (κ2) is 10.4. The van der Waals surface area contributed by atoms with Gasteiger partial charge in [0.05, 0.1) is 4.90 Å². The second-order valence-electron chi connectivity index (χ2n) is 8.80. The number of para-hydroxylation sites is 1. The van der Waals surface area contributed by atoms with Crippen molar-refractivity contribution in [3.8, 4) is 0 Å². The zero-order valence-corrected chi connectivity index (χ0v) is 21.8. The molecule has 0 aliphatic heterocycles. The Labute approximate surface area is 220 Å². The van der Waals surface area contributed by atoms with E-state index in [9.17, 15) is 13.2 Å². The van der Waals surface area contributed by atoms with Gasteiger partial charge in [0.2, 0.25) is 15.9 Å². The molecule has 0 spiro atoms. The first-order valence-electron chi connectivity index (χ1n) is 12.0. The van der Waals surface area contributed by atoms with E-state index in [1.54, 1.807) is 0 Å². The summed E-state index contributed by atoms with van der Waals surface area (Å²) in [5, 5.41) is 5.48. The molecule has 1 atom stereocenters. The van der Waals surface area contributed by atoms with Crippen LogP contribution in [0.25, 0.3) is 21.8 Å². The molecule has 0 fully saturated rings. The number of aryl methyl sites for hydroxylation is 1. The van der Waals surface area contributed by atoms with Crippen LogP contribution in [0.2, 0.25) is 5.02 Å².